The van der Waals surface area contributed by atoms with Crippen molar-refractivity contribution in [2.75, 3.05) is 13.1 Å². The van der Waals surface area contributed by atoms with Gasteiger partial charge in [-0.25, -0.2) is 0 Å². The van der Waals surface area contributed by atoms with Gasteiger partial charge in [0, 0.05) is 32.4 Å². The van der Waals surface area contributed by atoms with Gasteiger partial charge in [0.05, 0.1) is 30.8 Å². The SMILES string of the molecule is CC[C@H](C)C[C@H](C)CCCCCCCCC(=O)N[C@@H]1C[C@@H](O)[C@@H](O)NC(=O)[C@@H]2[C@@H](O)CCN2C(=O)[C@H]([C@H](O)CC(N)=O)NC(=O)[C@H]([C@H](O)[C@@H](O)c2ccc(O)cc2)NC(=O)[C@@H]2C[C@@H](O)CN2C(=O)[C@H]([C@@H](C)O)NC1=O. The number of amides is 8. The van der Waals surface area contributed by atoms with Gasteiger partial charge in [-0.3, -0.25) is 38.4 Å². The molecule has 3 heterocycles. The van der Waals surface area contributed by atoms with Crippen LogP contribution < -0.4 is 32.3 Å². The van der Waals surface area contributed by atoms with Crippen LogP contribution in [0, 0.1) is 11.8 Å². The third-order valence-corrected chi connectivity index (χ3v) is 14.3. The maximum absolute atomic E-state index is 14.4. The van der Waals surface area contributed by atoms with Crippen LogP contribution in [0.4, 0.5) is 0 Å². The Kier molecular flexibility index (Phi) is 24.1. The van der Waals surface area contributed by atoms with E-state index in [0.717, 1.165) is 74.6 Å². The molecule has 25 heteroatoms. The molecule has 0 unspecified atom stereocenters. The highest BCUT2D eigenvalue weighted by Gasteiger charge is 2.49. The number of hydrogen-bond donors (Lipinski definition) is 15. The van der Waals surface area contributed by atoms with Crippen LogP contribution in [-0.4, -0.2) is 195 Å². The zero-order chi connectivity index (χ0) is 55.8. The van der Waals surface area contributed by atoms with Gasteiger partial charge in [0.1, 0.15) is 60.3 Å². The number of nitrogens with one attached hydrogen (secondary N) is 5. The number of benzene rings is 1. The third-order valence-electron chi connectivity index (χ3n) is 14.3. The monoisotopic (exact) mass is 1060 g/mol. The molecule has 3 fully saturated rings. The van der Waals surface area contributed by atoms with Crippen LogP contribution in [0.5, 0.6) is 5.75 Å². The minimum Gasteiger partial charge on any atom is -0.508 e. The topological polar surface area (TPSA) is 411 Å². The molecule has 16 N–H and O–H groups in total. The van der Waals surface area contributed by atoms with Gasteiger partial charge in [-0.05, 0) is 55.7 Å². The number of nitrogens with two attached hydrogens (primary N) is 1. The van der Waals surface area contributed by atoms with Crippen LogP contribution in [0.1, 0.15) is 129 Å². The van der Waals surface area contributed by atoms with E-state index in [-0.39, 0.29) is 24.2 Å². The van der Waals surface area contributed by atoms with Crippen LogP contribution >= 0.6 is 0 Å². The van der Waals surface area contributed by atoms with E-state index in [1.807, 2.05) is 0 Å². The lowest BCUT2D eigenvalue weighted by atomic mass is 9.91. The molecule has 25 nitrogen and oxygen atoms in total. The smallest absolute Gasteiger partial charge is 0.248 e. The minimum absolute atomic E-state index is 0.0795. The number of carbonyl (C=O) groups excluding carboxylic acids is 8. The number of rotatable bonds is 20. The molecule has 16 atom stereocenters. The molecule has 0 saturated carbocycles. The zero-order valence-corrected chi connectivity index (χ0v) is 43.1. The Hall–Kier alpha value is -5.54. The Labute approximate surface area is 436 Å². The molecular formula is C50H80N8O17. The summed E-state index contributed by atoms with van der Waals surface area (Å²) >= 11 is 0. The number of unbranched alkanes of at least 4 members (excludes halogenated alkanes) is 5. The van der Waals surface area contributed by atoms with Crippen molar-refractivity contribution in [1.82, 2.24) is 36.4 Å². The first-order chi connectivity index (χ1) is 35.3. The highest BCUT2D eigenvalue weighted by Crippen LogP contribution is 2.27. The van der Waals surface area contributed by atoms with E-state index in [4.69, 9.17) is 5.73 Å². The van der Waals surface area contributed by atoms with Crippen molar-refractivity contribution in [3.05, 3.63) is 29.8 Å². The number of phenols is 1. The van der Waals surface area contributed by atoms with Gasteiger partial charge in [-0.15, -0.1) is 0 Å². The normalized spacial score (nSPS) is 29.0. The molecular weight excluding hydrogens is 985 g/mol. The molecule has 0 bridgehead atoms. The lowest BCUT2D eigenvalue weighted by Crippen LogP contribution is -2.64. The van der Waals surface area contributed by atoms with E-state index in [1.54, 1.807) is 0 Å². The van der Waals surface area contributed by atoms with Crippen LogP contribution in [-0.2, 0) is 38.4 Å². The summed E-state index contributed by atoms with van der Waals surface area (Å²) < 4.78 is 0. The van der Waals surface area contributed by atoms with Crippen molar-refractivity contribution in [3.63, 3.8) is 0 Å². The molecule has 0 aliphatic carbocycles. The van der Waals surface area contributed by atoms with Gasteiger partial charge in [-0.2, -0.15) is 0 Å². The standard InChI is InChI=1S/C50H80N8O17/c1-5-25(2)20-26(3)12-10-8-6-7-9-11-13-37(66)52-31-22-35(64)46(71)56-48(73)41-33(62)18-19-57(41)50(75)39(34(63)23-36(51)65)54-47(72)40(43(68)42(67)28-14-16-29(60)17-15-28)55-45(70)32-21-30(61)24-58(32)49(74)38(27(4)59)53-44(31)69/h14-17,25-27,30-35,38-43,46,59-64,67-68,71H,5-13,18-24H2,1-4H3,(H2,51,65)(H,52,66)(H,53,69)(H,54,72)(H,55,70)(H,56,73)/t25-,26+,27+,30+,31+,32-,33-,34+,35+,38-,39-,40-,41-,42-,43-,46+/m0/s1. The zero-order valence-electron chi connectivity index (χ0n) is 43.1. The summed E-state index contributed by atoms with van der Waals surface area (Å²) in [5.74, 6) is -8.59. The number of aromatic hydroxyl groups is 1. The lowest BCUT2D eigenvalue weighted by Gasteiger charge is -2.34. The van der Waals surface area contributed by atoms with E-state index < -0.39 is 165 Å². The van der Waals surface area contributed by atoms with Gasteiger partial charge in [0.2, 0.25) is 47.3 Å². The molecule has 8 amide bonds. The molecule has 1 aromatic rings. The number of carbonyl (C=O) groups is 8. The predicted octanol–water partition coefficient (Wildman–Crippen LogP) is -3.34. The van der Waals surface area contributed by atoms with Gasteiger partial charge < -0.3 is 88.1 Å². The highest BCUT2D eigenvalue weighted by atomic mass is 16.3. The largest absolute Gasteiger partial charge is 0.508 e. The average Bonchev–Trinajstić information content (AvgIpc) is 3.95. The minimum atomic E-state index is -2.36. The molecule has 0 spiro atoms. The molecule has 3 saturated heterocycles. The predicted molar refractivity (Wildman–Crippen MR) is 265 cm³/mol. The Morgan fingerprint density at radius 3 is 1.95 bits per heavy atom. The molecule has 0 aromatic heterocycles. The van der Waals surface area contributed by atoms with Crippen molar-refractivity contribution in [1.29, 1.82) is 0 Å². The summed E-state index contributed by atoms with van der Waals surface area (Å²) in [4.78, 5) is 112. The van der Waals surface area contributed by atoms with Crippen LogP contribution in [0.25, 0.3) is 0 Å². The van der Waals surface area contributed by atoms with Gasteiger partial charge in [-0.1, -0.05) is 77.8 Å². The van der Waals surface area contributed by atoms with E-state index in [2.05, 4.69) is 47.4 Å². The van der Waals surface area contributed by atoms with E-state index in [9.17, 15) is 84.3 Å². The number of primary amides is 1. The summed E-state index contributed by atoms with van der Waals surface area (Å²) in [6, 6.07) is -7.37. The molecule has 422 valence electrons. The summed E-state index contributed by atoms with van der Waals surface area (Å²) in [7, 11) is 0. The Balaban J connectivity index is 1.69. The maximum atomic E-state index is 14.4. The van der Waals surface area contributed by atoms with Crippen LogP contribution in [0.2, 0.25) is 0 Å². The second-order valence-corrected chi connectivity index (χ2v) is 20.6. The Bertz CT molecular complexity index is 2100. The first-order valence-electron chi connectivity index (χ1n) is 26.0. The highest BCUT2D eigenvalue weighted by molar-refractivity contribution is 5.98. The number of aliphatic hydroxyl groups is 8. The molecule has 1 aromatic carbocycles. The van der Waals surface area contributed by atoms with Gasteiger partial charge >= 0.3 is 0 Å². The summed E-state index contributed by atoms with van der Waals surface area (Å²) in [6.07, 6.45) is -10.2. The van der Waals surface area contributed by atoms with Crippen molar-refractivity contribution in [2.24, 2.45) is 17.6 Å². The molecule has 4 rings (SSSR count). The van der Waals surface area contributed by atoms with E-state index in [1.165, 1.54) is 6.42 Å². The van der Waals surface area contributed by atoms with E-state index in [0.29, 0.717) is 29.6 Å². The second-order valence-electron chi connectivity index (χ2n) is 20.6. The quantitative estimate of drug-likeness (QED) is 0.0568. The molecule has 75 heavy (non-hydrogen) atoms. The number of hydrogen-bond acceptors (Lipinski definition) is 17. The van der Waals surface area contributed by atoms with Crippen LogP contribution in [0.15, 0.2) is 24.3 Å². The Morgan fingerprint density at radius 1 is 0.720 bits per heavy atom. The number of fused-ring (bicyclic) bond motifs is 2. The first kappa shape index (κ1) is 62.0. The van der Waals surface area contributed by atoms with Crippen molar-refractivity contribution in [2.45, 2.75) is 203 Å². The summed E-state index contributed by atoms with van der Waals surface area (Å²) in [5.41, 5.74) is 5.21. The molecule has 3 aliphatic heterocycles. The summed E-state index contributed by atoms with van der Waals surface area (Å²) in [6.45, 7) is 6.76. The maximum Gasteiger partial charge on any atom is 0.248 e. The fraction of sp³-hybridized carbons (Fsp3) is 0.720. The van der Waals surface area contributed by atoms with Crippen LogP contribution in [0.3, 0.4) is 0 Å². The first-order valence-corrected chi connectivity index (χ1v) is 26.0. The molecule has 0 radical (unpaired) electrons. The van der Waals surface area contributed by atoms with Crippen molar-refractivity contribution >= 4 is 47.3 Å². The van der Waals surface area contributed by atoms with Gasteiger partial charge in [0.25, 0.3) is 0 Å². The fourth-order valence-electron chi connectivity index (χ4n) is 9.79. The number of aliphatic hydroxyl groups excluding tert-OH is 8. The summed E-state index contributed by atoms with van der Waals surface area (Å²) in [5, 5.41) is 110. The molecule has 3 aliphatic rings. The second kappa shape index (κ2) is 29.1. The third kappa shape index (κ3) is 17.8. The number of nitrogens with zero attached hydrogens (tertiary/aromatic N) is 2. The number of phenolic OH excluding ortho intramolecular Hbond substituents is 1. The average molecular weight is 1070 g/mol. The van der Waals surface area contributed by atoms with Crippen molar-refractivity contribution < 1.29 is 84.3 Å². The van der Waals surface area contributed by atoms with E-state index >= 15 is 0 Å². The van der Waals surface area contributed by atoms with Crippen molar-refractivity contribution in [3.8, 4) is 5.75 Å². The van der Waals surface area contributed by atoms with Gasteiger partial charge in [0.15, 0.2) is 6.23 Å². The fourth-order valence-corrected chi connectivity index (χ4v) is 9.79. The Morgan fingerprint density at radius 2 is 1.32 bits per heavy atom. The lowest BCUT2D eigenvalue weighted by molar-refractivity contribution is -0.149.